The second-order valence-corrected chi connectivity index (χ2v) is 5.35. The van der Waals surface area contributed by atoms with E-state index in [9.17, 15) is 4.79 Å². The molecule has 0 bridgehead atoms. The van der Waals surface area contributed by atoms with E-state index in [1.165, 1.54) is 13.2 Å². The van der Waals surface area contributed by atoms with E-state index in [1.807, 2.05) is 0 Å². The number of hydrogen-bond donors (Lipinski definition) is 3. The lowest BCUT2D eigenvalue weighted by atomic mass is 10.2. The van der Waals surface area contributed by atoms with Gasteiger partial charge in [-0.3, -0.25) is 4.79 Å². The fraction of sp³-hybridized carbons (Fsp3) is 0.214. The summed E-state index contributed by atoms with van der Waals surface area (Å²) in [5.74, 6) is 1.54. The highest BCUT2D eigenvalue weighted by Gasteiger charge is 2.11. The van der Waals surface area contributed by atoms with Gasteiger partial charge < -0.3 is 26.3 Å². The van der Waals surface area contributed by atoms with Gasteiger partial charge in [0.1, 0.15) is 23.1 Å². The molecule has 0 spiro atoms. The van der Waals surface area contributed by atoms with E-state index in [0.29, 0.717) is 22.3 Å². The van der Waals surface area contributed by atoms with Gasteiger partial charge in [0.15, 0.2) is 5.16 Å². The molecule has 9 heteroatoms. The van der Waals surface area contributed by atoms with Crippen molar-refractivity contribution in [3.8, 4) is 11.5 Å². The Morgan fingerprint density at radius 3 is 2.48 bits per heavy atom. The Labute approximate surface area is 137 Å². The lowest BCUT2D eigenvalue weighted by Gasteiger charge is -2.11. The van der Waals surface area contributed by atoms with Crippen LogP contribution in [0.1, 0.15) is 0 Å². The number of hydrogen-bond acceptors (Lipinski definition) is 8. The second kappa shape index (κ2) is 7.54. The number of methoxy groups -OCH3 is 2. The molecule has 0 unspecified atom stereocenters. The number of carbonyl (C=O) groups excluding carboxylic acids is 1. The van der Waals surface area contributed by atoms with Crippen molar-refractivity contribution in [3.63, 3.8) is 0 Å². The minimum Gasteiger partial charge on any atom is -0.497 e. The lowest BCUT2D eigenvalue weighted by molar-refractivity contribution is -0.113. The van der Waals surface area contributed by atoms with Crippen molar-refractivity contribution >= 4 is 35.0 Å². The second-order valence-electron chi connectivity index (χ2n) is 4.40. The van der Waals surface area contributed by atoms with Gasteiger partial charge in [-0.2, -0.15) is 0 Å². The molecule has 1 amide bonds. The molecule has 5 N–H and O–H groups in total. The zero-order valence-electron chi connectivity index (χ0n) is 12.7. The summed E-state index contributed by atoms with van der Waals surface area (Å²) < 4.78 is 10.3. The van der Waals surface area contributed by atoms with E-state index in [0.717, 1.165) is 11.8 Å². The molecule has 0 radical (unpaired) electrons. The van der Waals surface area contributed by atoms with E-state index < -0.39 is 0 Å². The van der Waals surface area contributed by atoms with Crippen LogP contribution in [0.4, 0.5) is 17.3 Å². The van der Waals surface area contributed by atoms with Gasteiger partial charge in [-0.1, -0.05) is 11.8 Å². The molecular weight excluding hydrogens is 318 g/mol. The SMILES string of the molecule is COc1ccc(NC(=O)CSc2nc(N)cc(N)n2)c(OC)c1. The Hall–Kier alpha value is -2.68. The highest BCUT2D eigenvalue weighted by Crippen LogP contribution is 2.29. The summed E-state index contributed by atoms with van der Waals surface area (Å²) in [5, 5.41) is 3.10. The van der Waals surface area contributed by atoms with Crippen molar-refractivity contribution in [2.45, 2.75) is 5.16 Å². The molecule has 0 atom stereocenters. The van der Waals surface area contributed by atoms with Crippen LogP contribution < -0.4 is 26.3 Å². The number of nitrogen functional groups attached to an aromatic ring is 2. The molecule has 1 aromatic carbocycles. The number of rotatable bonds is 6. The Balaban J connectivity index is 1.99. The van der Waals surface area contributed by atoms with Crippen LogP contribution in [0.2, 0.25) is 0 Å². The van der Waals surface area contributed by atoms with Gasteiger partial charge in [-0.05, 0) is 12.1 Å². The average molecular weight is 335 g/mol. The molecule has 0 aliphatic heterocycles. The topological polar surface area (TPSA) is 125 Å². The first kappa shape index (κ1) is 16.7. The summed E-state index contributed by atoms with van der Waals surface area (Å²) in [6.07, 6.45) is 0. The van der Waals surface area contributed by atoms with Crippen molar-refractivity contribution in [2.75, 3.05) is 36.8 Å². The Kier molecular flexibility index (Phi) is 5.47. The monoisotopic (exact) mass is 335 g/mol. The maximum absolute atomic E-state index is 12.0. The number of nitrogens with zero attached hydrogens (tertiary/aromatic N) is 2. The van der Waals surface area contributed by atoms with Crippen molar-refractivity contribution in [1.29, 1.82) is 0 Å². The molecule has 0 fully saturated rings. The molecule has 0 aliphatic carbocycles. The standard InChI is InChI=1S/C14H17N5O3S/c1-21-8-3-4-9(10(5-8)22-2)17-13(20)7-23-14-18-11(15)6-12(16)19-14/h3-6H,7H2,1-2H3,(H,17,20)(H4,15,16,18,19). The number of nitrogens with one attached hydrogen (secondary N) is 1. The number of benzene rings is 1. The Bertz CT molecular complexity index is 691. The lowest BCUT2D eigenvalue weighted by Crippen LogP contribution is -2.15. The minimum atomic E-state index is -0.233. The number of nitrogens with two attached hydrogens (primary N) is 2. The summed E-state index contributed by atoms with van der Waals surface area (Å²) in [4.78, 5) is 20.0. The van der Waals surface area contributed by atoms with Gasteiger partial charge >= 0.3 is 0 Å². The molecular formula is C14H17N5O3S. The number of carbonyl (C=O) groups is 1. The predicted octanol–water partition coefficient (Wildman–Crippen LogP) is 1.39. The van der Waals surface area contributed by atoms with Crippen LogP contribution in [0, 0.1) is 0 Å². The summed E-state index contributed by atoms with van der Waals surface area (Å²) in [6.45, 7) is 0. The maximum atomic E-state index is 12.0. The highest BCUT2D eigenvalue weighted by molar-refractivity contribution is 7.99. The number of thioether (sulfide) groups is 1. The molecule has 2 rings (SSSR count). The van der Waals surface area contributed by atoms with Crippen molar-refractivity contribution in [1.82, 2.24) is 9.97 Å². The Morgan fingerprint density at radius 1 is 1.17 bits per heavy atom. The molecule has 1 heterocycles. The first-order chi connectivity index (χ1) is 11.0. The smallest absolute Gasteiger partial charge is 0.234 e. The van der Waals surface area contributed by atoms with Gasteiger partial charge in [0, 0.05) is 12.1 Å². The molecule has 8 nitrogen and oxygen atoms in total. The fourth-order valence-corrected chi connectivity index (χ4v) is 2.42. The Morgan fingerprint density at radius 2 is 1.87 bits per heavy atom. The third-order valence-corrected chi connectivity index (χ3v) is 3.61. The number of amides is 1. The van der Waals surface area contributed by atoms with Gasteiger partial charge in [0.25, 0.3) is 0 Å². The highest BCUT2D eigenvalue weighted by atomic mass is 32.2. The van der Waals surface area contributed by atoms with Crippen molar-refractivity contribution in [3.05, 3.63) is 24.3 Å². The third-order valence-electron chi connectivity index (χ3n) is 2.76. The molecule has 23 heavy (non-hydrogen) atoms. The van der Waals surface area contributed by atoms with Gasteiger partial charge in [-0.25, -0.2) is 9.97 Å². The van der Waals surface area contributed by atoms with Crippen LogP contribution in [-0.2, 0) is 4.79 Å². The summed E-state index contributed by atoms with van der Waals surface area (Å²) in [5.41, 5.74) is 11.7. The fourth-order valence-electron chi connectivity index (χ4n) is 1.74. The predicted molar refractivity (Wildman–Crippen MR) is 89.8 cm³/mol. The molecule has 122 valence electrons. The third kappa shape index (κ3) is 4.65. The summed E-state index contributed by atoms with van der Waals surface area (Å²) in [7, 11) is 3.07. The van der Waals surface area contributed by atoms with E-state index in [4.69, 9.17) is 20.9 Å². The number of ether oxygens (including phenoxy) is 2. The van der Waals surface area contributed by atoms with E-state index in [1.54, 1.807) is 25.3 Å². The molecule has 0 aliphatic rings. The van der Waals surface area contributed by atoms with Crippen LogP contribution in [0.25, 0.3) is 0 Å². The first-order valence-electron chi connectivity index (χ1n) is 6.56. The normalized spacial score (nSPS) is 10.2. The van der Waals surface area contributed by atoms with Crippen LogP contribution >= 0.6 is 11.8 Å². The van der Waals surface area contributed by atoms with Crippen LogP contribution in [0.15, 0.2) is 29.4 Å². The molecule has 1 aromatic heterocycles. The maximum Gasteiger partial charge on any atom is 0.234 e. The van der Waals surface area contributed by atoms with Gasteiger partial charge in [0.2, 0.25) is 5.91 Å². The van der Waals surface area contributed by atoms with E-state index in [2.05, 4.69) is 15.3 Å². The zero-order chi connectivity index (χ0) is 16.8. The van der Waals surface area contributed by atoms with Crippen LogP contribution in [-0.4, -0.2) is 35.8 Å². The van der Waals surface area contributed by atoms with Crippen molar-refractivity contribution < 1.29 is 14.3 Å². The average Bonchev–Trinajstić information content (AvgIpc) is 2.52. The number of aromatic nitrogens is 2. The van der Waals surface area contributed by atoms with Crippen LogP contribution in [0.3, 0.4) is 0 Å². The quantitative estimate of drug-likeness (QED) is 0.534. The molecule has 2 aromatic rings. The summed E-state index contributed by atoms with van der Waals surface area (Å²) >= 11 is 1.14. The summed E-state index contributed by atoms with van der Waals surface area (Å²) in [6, 6.07) is 6.57. The van der Waals surface area contributed by atoms with Crippen molar-refractivity contribution in [2.24, 2.45) is 0 Å². The van der Waals surface area contributed by atoms with E-state index in [-0.39, 0.29) is 23.3 Å². The molecule has 0 saturated heterocycles. The minimum absolute atomic E-state index is 0.109. The zero-order valence-corrected chi connectivity index (χ0v) is 13.5. The number of anilines is 3. The first-order valence-corrected chi connectivity index (χ1v) is 7.55. The van der Waals surface area contributed by atoms with Gasteiger partial charge in [0.05, 0.1) is 25.7 Å². The molecule has 0 saturated carbocycles. The van der Waals surface area contributed by atoms with Crippen LogP contribution in [0.5, 0.6) is 11.5 Å². The largest absolute Gasteiger partial charge is 0.497 e. The van der Waals surface area contributed by atoms with Gasteiger partial charge in [-0.15, -0.1) is 0 Å². The van der Waals surface area contributed by atoms with E-state index >= 15 is 0 Å².